The highest BCUT2D eigenvalue weighted by atomic mass is 16.6. The predicted octanol–water partition coefficient (Wildman–Crippen LogP) is 3.07. The summed E-state index contributed by atoms with van der Waals surface area (Å²) in [5, 5.41) is 9.15. The molecule has 0 aromatic heterocycles. The van der Waals surface area contributed by atoms with Gasteiger partial charge in [-0.15, -0.1) is 0 Å². The number of nitrogens with zero attached hydrogens (tertiary/aromatic N) is 1. The summed E-state index contributed by atoms with van der Waals surface area (Å²) >= 11 is 0. The Morgan fingerprint density at radius 3 is 2.60 bits per heavy atom. The number of rotatable bonds is 1. The van der Waals surface area contributed by atoms with Crippen LogP contribution >= 0.6 is 0 Å². The smallest absolute Gasteiger partial charge is 0.411 e. The molecule has 1 heterocycles. The summed E-state index contributed by atoms with van der Waals surface area (Å²) in [4.78, 5) is 24.5. The fraction of sp³-hybridized carbons (Fsp3) is 0.467. The number of ether oxygens (including phenoxy) is 1. The Bertz CT molecular complexity index is 545. The first-order valence-corrected chi connectivity index (χ1v) is 6.65. The summed E-state index contributed by atoms with van der Waals surface area (Å²) in [5.74, 6) is -0.382. The lowest BCUT2D eigenvalue weighted by Gasteiger charge is -2.27. The number of carboxylic acid groups (broad SMARTS) is 1. The summed E-state index contributed by atoms with van der Waals surface area (Å²) in [5.41, 5.74) is 1.46. The van der Waals surface area contributed by atoms with Crippen molar-refractivity contribution in [3.8, 4) is 0 Å². The first-order valence-electron chi connectivity index (χ1n) is 6.65. The predicted molar refractivity (Wildman–Crippen MR) is 75.3 cm³/mol. The monoisotopic (exact) mass is 277 g/mol. The fourth-order valence-electron chi connectivity index (χ4n) is 2.26. The van der Waals surface area contributed by atoms with E-state index in [-0.39, 0.29) is 5.97 Å². The third-order valence-corrected chi connectivity index (χ3v) is 3.06. The van der Waals surface area contributed by atoms with Crippen molar-refractivity contribution in [3.63, 3.8) is 0 Å². The summed E-state index contributed by atoms with van der Waals surface area (Å²) in [6.45, 7) is 5.94. The molecule has 0 aliphatic carbocycles. The molecule has 0 atom stereocenters. The lowest BCUT2D eigenvalue weighted by molar-refractivity contribution is 0.00694. The second-order valence-electron chi connectivity index (χ2n) is 5.88. The van der Waals surface area contributed by atoms with Crippen molar-refractivity contribution in [2.24, 2.45) is 0 Å². The molecular weight excluding hydrogens is 258 g/mol. The molecular formula is C15H19NO4. The molecule has 1 amide bonds. The van der Waals surface area contributed by atoms with Crippen LogP contribution < -0.4 is 4.90 Å². The molecule has 1 aliphatic heterocycles. The summed E-state index contributed by atoms with van der Waals surface area (Å²) in [6, 6.07) is 5.04. The number of carbonyl (C=O) groups is 2. The van der Waals surface area contributed by atoms with Gasteiger partial charge in [-0.2, -0.15) is 0 Å². The van der Waals surface area contributed by atoms with Gasteiger partial charge in [-0.05, 0) is 57.4 Å². The van der Waals surface area contributed by atoms with Crippen LogP contribution in [0.2, 0.25) is 0 Å². The van der Waals surface area contributed by atoms with Crippen LogP contribution in [0.5, 0.6) is 0 Å². The van der Waals surface area contributed by atoms with E-state index in [9.17, 15) is 9.59 Å². The quantitative estimate of drug-likeness (QED) is 0.801. The second kappa shape index (κ2) is 5.15. The molecule has 0 saturated carbocycles. The van der Waals surface area contributed by atoms with E-state index in [4.69, 9.17) is 9.84 Å². The molecule has 1 aromatic rings. The largest absolute Gasteiger partial charge is 0.465 e. The van der Waals surface area contributed by atoms with Crippen molar-refractivity contribution in [3.05, 3.63) is 29.3 Å². The van der Waals surface area contributed by atoms with Crippen LogP contribution in [0.1, 0.15) is 43.1 Å². The van der Waals surface area contributed by atoms with E-state index >= 15 is 0 Å². The van der Waals surface area contributed by atoms with Crippen LogP contribution in [-0.2, 0) is 11.2 Å². The van der Waals surface area contributed by atoms with Gasteiger partial charge < -0.3 is 9.84 Å². The average Bonchev–Trinajstić information content (AvgIpc) is 2.35. The molecule has 5 heteroatoms. The zero-order valence-electron chi connectivity index (χ0n) is 12.0. The van der Waals surface area contributed by atoms with Crippen LogP contribution in [-0.4, -0.2) is 29.3 Å². The molecule has 1 N–H and O–H groups in total. The Hall–Kier alpha value is -2.04. The van der Waals surface area contributed by atoms with E-state index in [0.717, 1.165) is 18.4 Å². The van der Waals surface area contributed by atoms with Crippen molar-refractivity contribution in [1.82, 2.24) is 0 Å². The molecule has 1 aromatic carbocycles. The highest BCUT2D eigenvalue weighted by Gasteiger charge is 2.24. The SMILES string of the molecule is CC(C)(C)OC(=O)c1ccc2c(c1)CCCN2C(=O)O. The van der Waals surface area contributed by atoms with Gasteiger partial charge >= 0.3 is 12.1 Å². The molecule has 0 unspecified atom stereocenters. The number of hydrogen-bond donors (Lipinski definition) is 1. The van der Waals surface area contributed by atoms with Gasteiger partial charge in [0.15, 0.2) is 0 Å². The molecule has 0 spiro atoms. The normalized spacial score (nSPS) is 14.7. The maximum absolute atomic E-state index is 12.0. The number of anilines is 1. The summed E-state index contributed by atoms with van der Waals surface area (Å²) < 4.78 is 5.32. The molecule has 0 bridgehead atoms. The van der Waals surface area contributed by atoms with Gasteiger partial charge in [-0.1, -0.05) is 0 Å². The minimum absolute atomic E-state index is 0.382. The van der Waals surface area contributed by atoms with Crippen LogP contribution in [0.3, 0.4) is 0 Å². The average molecular weight is 277 g/mol. The molecule has 108 valence electrons. The Morgan fingerprint density at radius 2 is 2.00 bits per heavy atom. The van der Waals surface area contributed by atoms with Gasteiger partial charge in [0.2, 0.25) is 0 Å². The zero-order chi connectivity index (χ0) is 14.9. The van der Waals surface area contributed by atoms with Crippen LogP contribution in [0.25, 0.3) is 0 Å². The second-order valence-corrected chi connectivity index (χ2v) is 5.88. The van der Waals surface area contributed by atoms with Gasteiger partial charge in [0.1, 0.15) is 5.60 Å². The van der Waals surface area contributed by atoms with Crippen molar-refractivity contribution >= 4 is 17.7 Å². The maximum Gasteiger partial charge on any atom is 0.411 e. The van der Waals surface area contributed by atoms with E-state index in [1.165, 1.54) is 4.90 Å². The third kappa shape index (κ3) is 3.10. The van der Waals surface area contributed by atoms with Crippen molar-refractivity contribution in [2.75, 3.05) is 11.4 Å². The number of fused-ring (bicyclic) bond motifs is 1. The van der Waals surface area contributed by atoms with Crippen molar-refractivity contribution in [2.45, 2.75) is 39.2 Å². The van der Waals surface area contributed by atoms with E-state index < -0.39 is 11.7 Å². The maximum atomic E-state index is 12.0. The van der Waals surface area contributed by atoms with Gasteiger partial charge in [-0.25, -0.2) is 9.59 Å². The number of hydrogen-bond acceptors (Lipinski definition) is 3. The fourth-order valence-corrected chi connectivity index (χ4v) is 2.26. The lowest BCUT2D eigenvalue weighted by Crippen LogP contribution is -2.34. The highest BCUT2D eigenvalue weighted by molar-refractivity contribution is 5.93. The van der Waals surface area contributed by atoms with Crippen LogP contribution in [0.4, 0.5) is 10.5 Å². The third-order valence-electron chi connectivity index (χ3n) is 3.06. The topological polar surface area (TPSA) is 66.8 Å². The molecule has 0 fully saturated rings. The number of esters is 1. The molecule has 20 heavy (non-hydrogen) atoms. The van der Waals surface area contributed by atoms with E-state index in [1.54, 1.807) is 18.2 Å². The standard InChI is InChI=1S/C15H19NO4/c1-15(2,3)20-13(17)11-6-7-12-10(9-11)5-4-8-16(12)14(18)19/h6-7,9H,4-5,8H2,1-3H3,(H,18,19). The lowest BCUT2D eigenvalue weighted by atomic mass is 9.99. The van der Waals surface area contributed by atoms with Gasteiger partial charge in [-0.3, -0.25) is 4.90 Å². The molecule has 5 nitrogen and oxygen atoms in total. The van der Waals surface area contributed by atoms with E-state index in [0.29, 0.717) is 17.8 Å². The highest BCUT2D eigenvalue weighted by Crippen LogP contribution is 2.28. The molecule has 1 aliphatic rings. The van der Waals surface area contributed by atoms with Gasteiger partial charge in [0.05, 0.1) is 11.3 Å². The first kappa shape index (κ1) is 14.4. The van der Waals surface area contributed by atoms with E-state index in [2.05, 4.69) is 0 Å². The molecule has 0 radical (unpaired) electrons. The van der Waals surface area contributed by atoms with E-state index in [1.807, 2.05) is 20.8 Å². The first-order chi connectivity index (χ1) is 9.28. The molecule has 2 rings (SSSR count). The van der Waals surface area contributed by atoms with Crippen molar-refractivity contribution < 1.29 is 19.4 Å². The number of amides is 1. The number of aryl methyl sites for hydroxylation is 1. The molecule has 0 saturated heterocycles. The van der Waals surface area contributed by atoms with Gasteiger partial charge in [0.25, 0.3) is 0 Å². The Kier molecular flexibility index (Phi) is 3.70. The van der Waals surface area contributed by atoms with Crippen LogP contribution in [0.15, 0.2) is 18.2 Å². The summed E-state index contributed by atoms with van der Waals surface area (Å²) in [7, 11) is 0. The Morgan fingerprint density at radius 1 is 1.30 bits per heavy atom. The van der Waals surface area contributed by atoms with Gasteiger partial charge in [0, 0.05) is 6.54 Å². The summed E-state index contributed by atoms with van der Waals surface area (Å²) in [6.07, 6.45) is 0.572. The minimum Gasteiger partial charge on any atom is -0.465 e. The number of carbonyl (C=O) groups excluding carboxylic acids is 1. The Labute approximate surface area is 118 Å². The minimum atomic E-state index is -0.962. The number of benzene rings is 1. The zero-order valence-corrected chi connectivity index (χ0v) is 12.0. The van der Waals surface area contributed by atoms with Crippen LogP contribution in [0, 0.1) is 0 Å². The van der Waals surface area contributed by atoms with Crippen molar-refractivity contribution in [1.29, 1.82) is 0 Å². The Balaban J connectivity index is 2.28.